The van der Waals surface area contributed by atoms with Gasteiger partial charge in [-0.2, -0.15) is 9.78 Å². The maximum Gasteiger partial charge on any atom is 0.272 e. The third-order valence-electron chi connectivity index (χ3n) is 8.75. The first-order valence-corrected chi connectivity index (χ1v) is 16.5. The molecule has 3 aromatic carbocycles. The average molecular weight is 666 g/mol. The highest BCUT2D eigenvalue weighted by Gasteiger charge is 2.18. The standard InChI is InChI=1S/C38H40FN5O5/c1-25-13-17-43(18-14-25)16-7-19-48-35-23-31-29(22-34(35)47-3)32(12-15-40-31)49-33-11-10-28(21-30(33)39)44-36(45)20-26(2)37(42-44)38(46)41-24-27-8-5-4-6-9-27/h4-6,8-12,15,20-23,25H,7,13-14,16-19,24H2,1-3H3,(H,41,46). The Morgan fingerprint density at radius 3 is 2.53 bits per heavy atom. The molecule has 1 aliphatic heterocycles. The van der Waals surface area contributed by atoms with Crippen LogP contribution in [0.15, 0.2) is 83.8 Å². The van der Waals surface area contributed by atoms with Crippen molar-refractivity contribution in [2.45, 2.75) is 39.7 Å². The molecule has 6 rings (SSSR count). The Hall–Kier alpha value is -5.29. The van der Waals surface area contributed by atoms with Crippen molar-refractivity contribution in [3.63, 3.8) is 0 Å². The van der Waals surface area contributed by atoms with Crippen molar-refractivity contribution in [3.8, 4) is 28.7 Å². The van der Waals surface area contributed by atoms with Crippen molar-refractivity contribution in [3.05, 3.63) is 112 Å². The number of nitrogens with one attached hydrogen (secondary N) is 1. The predicted molar refractivity (Wildman–Crippen MR) is 185 cm³/mol. The number of hydrogen-bond donors (Lipinski definition) is 1. The highest BCUT2D eigenvalue weighted by molar-refractivity contribution is 5.93. The second-order valence-corrected chi connectivity index (χ2v) is 12.4. The normalized spacial score (nSPS) is 13.7. The first-order chi connectivity index (χ1) is 23.8. The molecule has 0 atom stereocenters. The number of benzene rings is 3. The lowest BCUT2D eigenvalue weighted by Crippen LogP contribution is -2.34. The van der Waals surface area contributed by atoms with Gasteiger partial charge >= 0.3 is 0 Å². The summed E-state index contributed by atoms with van der Waals surface area (Å²) < 4.78 is 34.3. The number of hydrogen-bond acceptors (Lipinski definition) is 8. The second-order valence-electron chi connectivity index (χ2n) is 12.4. The summed E-state index contributed by atoms with van der Waals surface area (Å²) in [6.07, 6.45) is 4.96. The summed E-state index contributed by atoms with van der Waals surface area (Å²) in [5, 5.41) is 7.71. The molecule has 2 aromatic heterocycles. The zero-order valence-electron chi connectivity index (χ0n) is 27.9. The van der Waals surface area contributed by atoms with Crippen LogP contribution in [0.3, 0.4) is 0 Å². The largest absolute Gasteiger partial charge is 0.493 e. The fraction of sp³-hybridized carbons (Fsp3) is 0.316. The fourth-order valence-corrected chi connectivity index (χ4v) is 5.88. The minimum absolute atomic E-state index is 0.0634. The van der Waals surface area contributed by atoms with Gasteiger partial charge in [0.1, 0.15) is 5.75 Å². The third-order valence-corrected chi connectivity index (χ3v) is 8.75. The van der Waals surface area contributed by atoms with Gasteiger partial charge in [-0.1, -0.05) is 37.3 Å². The quantitative estimate of drug-likeness (QED) is 0.151. The van der Waals surface area contributed by atoms with E-state index in [2.05, 4.69) is 27.2 Å². The molecule has 0 spiro atoms. The SMILES string of the molecule is COc1cc2c(Oc3ccc(-n4nc(C(=O)NCc5ccccc5)c(C)cc4=O)cc3F)ccnc2cc1OCCCN1CCC(C)CC1. The molecule has 0 bridgehead atoms. The summed E-state index contributed by atoms with van der Waals surface area (Å²) in [4.78, 5) is 32.8. The molecular formula is C38H40FN5O5. The first-order valence-electron chi connectivity index (χ1n) is 16.5. The van der Waals surface area contributed by atoms with Gasteiger partial charge in [0.05, 0.1) is 24.9 Å². The van der Waals surface area contributed by atoms with Crippen LogP contribution in [-0.2, 0) is 6.54 Å². The second kappa shape index (κ2) is 15.3. The molecule has 0 radical (unpaired) electrons. The Labute approximate surface area is 284 Å². The number of halogens is 1. The zero-order valence-corrected chi connectivity index (χ0v) is 27.9. The molecule has 1 N–H and O–H groups in total. The van der Waals surface area contributed by atoms with Gasteiger partial charge in [0.2, 0.25) is 0 Å². The summed E-state index contributed by atoms with van der Waals surface area (Å²) in [6, 6.07) is 20.0. The Balaban J connectivity index is 1.16. The number of amides is 1. The number of carbonyl (C=O) groups is 1. The maximum absolute atomic E-state index is 15.5. The molecule has 49 heavy (non-hydrogen) atoms. The van der Waals surface area contributed by atoms with E-state index in [0.29, 0.717) is 46.9 Å². The number of fused-ring (bicyclic) bond motifs is 1. The summed E-state index contributed by atoms with van der Waals surface area (Å²) in [5.41, 5.74) is 1.63. The van der Waals surface area contributed by atoms with Crippen molar-refractivity contribution in [2.24, 2.45) is 5.92 Å². The van der Waals surface area contributed by atoms with Gasteiger partial charge in [-0.3, -0.25) is 14.6 Å². The van der Waals surface area contributed by atoms with Crippen LogP contribution in [0.25, 0.3) is 16.6 Å². The van der Waals surface area contributed by atoms with E-state index < -0.39 is 17.3 Å². The number of carbonyl (C=O) groups excluding carboxylic acids is 1. The monoisotopic (exact) mass is 665 g/mol. The molecule has 0 unspecified atom stereocenters. The van der Waals surface area contributed by atoms with Gasteiger partial charge < -0.3 is 24.4 Å². The van der Waals surface area contributed by atoms with Gasteiger partial charge in [0.25, 0.3) is 11.5 Å². The number of nitrogens with zero attached hydrogens (tertiary/aromatic N) is 4. The van der Waals surface area contributed by atoms with Crippen LogP contribution in [0.2, 0.25) is 0 Å². The predicted octanol–water partition coefficient (Wildman–Crippen LogP) is 6.46. The number of ether oxygens (including phenoxy) is 3. The molecule has 11 heteroatoms. The first kappa shape index (κ1) is 33.6. The van der Waals surface area contributed by atoms with E-state index in [1.165, 1.54) is 31.0 Å². The van der Waals surface area contributed by atoms with Gasteiger partial charge in [-0.05, 0) is 80.6 Å². The van der Waals surface area contributed by atoms with Gasteiger partial charge in [0.15, 0.2) is 28.8 Å². The van der Waals surface area contributed by atoms with Gasteiger partial charge in [0, 0.05) is 42.9 Å². The van der Waals surface area contributed by atoms with Crippen LogP contribution in [-0.4, -0.2) is 58.9 Å². The molecule has 0 saturated carbocycles. The van der Waals surface area contributed by atoms with Crippen molar-refractivity contribution < 1.29 is 23.4 Å². The molecule has 0 aliphatic carbocycles. The molecule has 254 valence electrons. The molecule has 1 saturated heterocycles. The summed E-state index contributed by atoms with van der Waals surface area (Å²) in [6.45, 7) is 8.03. The van der Waals surface area contributed by atoms with Crippen LogP contribution in [0.4, 0.5) is 4.39 Å². The molecule has 5 aromatic rings. The van der Waals surface area contributed by atoms with Crippen molar-refractivity contribution in [2.75, 3.05) is 33.4 Å². The molecule has 1 amide bonds. The van der Waals surface area contributed by atoms with E-state index in [1.807, 2.05) is 30.3 Å². The molecule has 10 nitrogen and oxygen atoms in total. The minimum Gasteiger partial charge on any atom is -0.493 e. The number of piperidine rings is 1. The van der Waals surface area contributed by atoms with E-state index >= 15 is 4.39 Å². The number of methoxy groups -OCH3 is 1. The maximum atomic E-state index is 15.5. The Morgan fingerprint density at radius 1 is 0.980 bits per heavy atom. The zero-order chi connectivity index (χ0) is 34.3. The van der Waals surface area contributed by atoms with Gasteiger partial charge in [-0.15, -0.1) is 0 Å². The lowest BCUT2D eigenvalue weighted by Gasteiger charge is -2.30. The van der Waals surface area contributed by atoms with Crippen molar-refractivity contribution in [1.29, 1.82) is 0 Å². The van der Waals surface area contributed by atoms with Crippen LogP contribution < -0.4 is 25.1 Å². The van der Waals surface area contributed by atoms with Crippen molar-refractivity contribution >= 4 is 16.8 Å². The Kier molecular flexibility index (Phi) is 10.5. The smallest absolute Gasteiger partial charge is 0.272 e. The van der Waals surface area contributed by atoms with E-state index in [1.54, 1.807) is 38.4 Å². The van der Waals surface area contributed by atoms with Crippen LogP contribution in [0, 0.1) is 18.7 Å². The number of pyridine rings is 1. The Bertz CT molecular complexity index is 1990. The lowest BCUT2D eigenvalue weighted by atomic mass is 9.99. The van der Waals surface area contributed by atoms with E-state index in [4.69, 9.17) is 14.2 Å². The summed E-state index contributed by atoms with van der Waals surface area (Å²) >= 11 is 0. The molecule has 3 heterocycles. The van der Waals surface area contributed by atoms with Crippen LogP contribution in [0.5, 0.6) is 23.0 Å². The summed E-state index contributed by atoms with van der Waals surface area (Å²) in [5.74, 6) is 1.02. The highest BCUT2D eigenvalue weighted by atomic mass is 19.1. The van der Waals surface area contributed by atoms with E-state index in [-0.39, 0.29) is 17.1 Å². The molecular weight excluding hydrogens is 625 g/mol. The summed E-state index contributed by atoms with van der Waals surface area (Å²) in [7, 11) is 1.57. The number of likely N-dealkylation sites (tertiary alicyclic amines) is 1. The third kappa shape index (κ3) is 8.06. The van der Waals surface area contributed by atoms with Crippen LogP contribution >= 0.6 is 0 Å². The number of aromatic nitrogens is 3. The molecule has 1 aliphatic rings. The minimum atomic E-state index is -0.720. The molecule has 1 fully saturated rings. The van der Waals surface area contributed by atoms with E-state index in [9.17, 15) is 9.59 Å². The average Bonchev–Trinajstić information content (AvgIpc) is 3.11. The highest BCUT2D eigenvalue weighted by Crippen LogP contribution is 2.38. The van der Waals surface area contributed by atoms with Gasteiger partial charge in [-0.25, -0.2) is 4.39 Å². The van der Waals surface area contributed by atoms with Crippen molar-refractivity contribution in [1.82, 2.24) is 25.0 Å². The Morgan fingerprint density at radius 2 is 1.78 bits per heavy atom. The number of rotatable bonds is 12. The van der Waals surface area contributed by atoms with E-state index in [0.717, 1.165) is 48.3 Å². The fourth-order valence-electron chi connectivity index (χ4n) is 5.88. The topological polar surface area (TPSA) is 108 Å². The number of aryl methyl sites for hydroxylation is 1. The van der Waals surface area contributed by atoms with Crippen LogP contribution in [0.1, 0.15) is 47.8 Å². The lowest BCUT2D eigenvalue weighted by molar-refractivity contribution is 0.0943.